The molecule has 0 aliphatic heterocycles. The summed E-state index contributed by atoms with van der Waals surface area (Å²) in [6.07, 6.45) is -1.30. The third-order valence-corrected chi connectivity index (χ3v) is 4.19. The Morgan fingerprint density at radius 1 is 1.44 bits per heavy atom. The number of thiophene rings is 1. The lowest BCUT2D eigenvalue weighted by atomic mass is 10.2. The average molecular weight is 282 g/mol. The van der Waals surface area contributed by atoms with Gasteiger partial charge in [-0.2, -0.15) is 0 Å². The predicted octanol–water partition coefficient (Wildman–Crippen LogP) is 4.10. The van der Waals surface area contributed by atoms with Crippen LogP contribution in [0.2, 0.25) is 5.02 Å². The van der Waals surface area contributed by atoms with Crippen LogP contribution in [0.25, 0.3) is 21.1 Å². The van der Waals surface area contributed by atoms with Crippen molar-refractivity contribution in [1.82, 2.24) is 4.57 Å². The number of benzene rings is 1. The molecule has 0 amide bonds. The van der Waals surface area contributed by atoms with Gasteiger partial charge in [0.2, 0.25) is 0 Å². The van der Waals surface area contributed by atoms with E-state index in [0.717, 1.165) is 21.1 Å². The number of aryl methyl sites for hydroxylation is 1. The van der Waals surface area contributed by atoms with Gasteiger partial charge in [0.25, 0.3) is 0 Å². The van der Waals surface area contributed by atoms with Gasteiger partial charge in [0, 0.05) is 23.9 Å². The number of aromatic nitrogens is 1. The maximum Gasteiger partial charge on any atom is 0.512 e. The average Bonchev–Trinajstić information content (AvgIpc) is 2.79. The number of hydrogen-bond donors (Lipinski definition) is 1. The molecule has 2 aromatic heterocycles. The summed E-state index contributed by atoms with van der Waals surface area (Å²) in [7, 11) is 1.90. The van der Waals surface area contributed by atoms with E-state index in [-0.39, 0.29) is 0 Å². The molecule has 18 heavy (non-hydrogen) atoms. The molecule has 0 atom stereocenters. The van der Waals surface area contributed by atoms with Gasteiger partial charge in [-0.05, 0) is 6.07 Å². The van der Waals surface area contributed by atoms with Gasteiger partial charge in [0.1, 0.15) is 4.83 Å². The fraction of sp³-hybridized carbons (Fsp3) is 0.0833. The van der Waals surface area contributed by atoms with E-state index >= 15 is 0 Å². The van der Waals surface area contributed by atoms with Crippen molar-refractivity contribution in [2.45, 2.75) is 0 Å². The van der Waals surface area contributed by atoms with Crippen molar-refractivity contribution >= 4 is 50.2 Å². The number of rotatable bonds is 1. The van der Waals surface area contributed by atoms with E-state index < -0.39 is 6.16 Å². The zero-order valence-electron chi connectivity index (χ0n) is 9.31. The van der Waals surface area contributed by atoms with Crippen LogP contribution in [0.1, 0.15) is 0 Å². The Labute approximate surface area is 111 Å². The molecule has 4 nitrogen and oxygen atoms in total. The van der Waals surface area contributed by atoms with Gasteiger partial charge in [-0.3, -0.25) is 0 Å². The third kappa shape index (κ3) is 1.55. The molecule has 0 fully saturated rings. The summed E-state index contributed by atoms with van der Waals surface area (Å²) in [6.45, 7) is 0. The fourth-order valence-corrected chi connectivity index (χ4v) is 3.40. The first-order valence-electron chi connectivity index (χ1n) is 5.15. The van der Waals surface area contributed by atoms with Crippen molar-refractivity contribution in [2.75, 3.05) is 0 Å². The minimum absolute atomic E-state index is 0.366. The maximum atomic E-state index is 10.5. The van der Waals surface area contributed by atoms with Crippen molar-refractivity contribution in [3.05, 3.63) is 29.3 Å². The molecule has 3 rings (SSSR count). The van der Waals surface area contributed by atoms with Crippen LogP contribution in [0.5, 0.6) is 5.06 Å². The minimum atomic E-state index is -1.30. The van der Waals surface area contributed by atoms with Crippen molar-refractivity contribution in [3.8, 4) is 5.06 Å². The zero-order valence-corrected chi connectivity index (χ0v) is 10.9. The molecule has 0 aliphatic rings. The molecule has 0 unspecified atom stereocenters. The molecule has 2 heterocycles. The molecular formula is C12H8ClNO3S. The summed E-state index contributed by atoms with van der Waals surface area (Å²) < 4.78 is 6.63. The lowest BCUT2D eigenvalue weighted by Crippen LogP contribution is -2.00. The smallest absolute Gasteiger partial charge is 0.449 e. The maximum absolute atomic E-state index is 10.5. The molecule has 0 saturated carbocycles. The monoisotopic (exact) mass is 281 g/mol. The number of carboxylic acid groups (broad SMARTS) is 1. The third-order valence-electron chi connectivity index (χ3n) is 2.79. The van der Waals surface area contributed by atoms with Gasteiger partial charge in [0.05, 0.1) is 10.5 Å². The highest BCUT2D eigenvalue weighted by Crippen LogP contribution is 2.40. The lowest BCUT2D eigenvalue weighted by Gasteiger charge is -1.99. The fourth-order valence-electron chi connectivity index (χ4n) is 2.11. The Morgan fingerprint density at radius 2 is 2.22 bits per heavy atom. The standard InChI is InChI=1S/C12H8ClNO3S/c1-14-10-6(3-2-4-8(10)13)7-5-9(17-12(15)16)18-11(7)14/h2-5H,1H3,(H,15,16). The Kier molecular flexibility index (Phi) is 2.46. The topological polar surface area (TPSA) is 51.5 Å². The van der Waals surface area contributed by atoms with Crippen LogP contribution in [0.3, 0.4) is 0 Å². The van der Waals surface area contributed by atoms with E-state index in [9.17, 15) is 4.79 Å². The van der Waals surface area contributed by atoms with Crippen LogP contribution in [0.15, 0.2) is 24.3 Å². The van der Waals surface area contributed by atoms with Crippen molar-refractivity contribution in [3.63, 3.8) is 0 Å². The number of halogens is 1. The Morgan fingerprint density at radius 3 is 2.94 bits per heavy atom. The molecule has 6 heteroatoms. The van der Waals surface area contributed by atoms with E-state index in [1.165, 1.54) is 11.3 Å². The van der Waals surface area contributed by atoms with Crippen molar-refractivity contribution < 1.29 is 14.6 Å². The number of fused-ring (bicyclic) bond motifs is 3. The van der Waals surface area contributed by atoms with Gasteiger partial charge in [-0.25, -0.2) is 4.79 Å². The highest BCUT2D eigenvalue weighted by atomic mass is 35.5. The first kappa shape index (κ1) is 11.4. The van der Waals surface area contributed by atoms with Crippen LogP contribution < -0.4 is 4.74 Å². The van der Waals surface area contributed by atoms with Gasteiger partial charge >= 0.3 is 6.16 Å². The number of nitrogens with zero attached hydrogens (tertiary/aromatic N) is 1. The predicted molar refractivity (Wildman–Crippen MR) is 72.0 cm³/mol. The highest BCUT2D eigenvalue weighted by Gasteiger charge is 2.15. The van der Waals surface area contributed by atoms with Gasteiger partial charge in [-0.15, -0.1) is 0 Å². The van der Waals surface area contributed by atoms with Crippen LogP contribution >= 0.6 is 22.9 Å². The summed E-state index contributed by atoms with van der Waals surface area (Å²) in [5.74, 6) is 0. The molecule has 3 aromatic rings. The number of carbonyl (C=O) groups is 1. The summed E-state index contributed by atoms with van der Waals surface area (Å²) in [4.78, 5) is 11.5. The van der Waals surface area contributed by atoms with E-state index in [4.69, 9.17) is 16.7 Å². The van der Waals surface area contributed by atoms with Crippen molar-refractivity contribution in [1.29, 1.82) is 0 Å². The second kappa shape index (κ2) is 3.90. The van der Waals surface area contributed by atoms with Crippen LogP contribution in [0.4, 0.5) is 4.79 Å². The van der Waals surface area contributed by atoms with E-state index in [2.05, 4.69) is 4.74 Å². The summed E-state index contributed by atoms with van der Waals surface area (Å²) in [5, 5.41) is 11.6. The lowest BCUT2D eigenvalue weighted by molar-refractivity contribution is 0.146. The van der Waals surface area contributed by atoms with E-state index in [1.54, 1.807) is 6.07 Å². The Balaban J connectivity index is 2.33. The van der Waals surface area contributed by atoms with E-state index in [1.807, 2.05) is 29.8 Å². The molecule has 0 saturated heterocycles. The molecule has 1 aromatic carbocycles. The van der Waals surface area contributed by atoms with E-state index in [0.29, 0.717) is 10.1 Å². The molecule has 0 spiro atoms. The summed E-state index contributed by atoms with van der Waals surface area (Å²) in [6, 6.07) is 7.40. The van der Waals surface area contributed by atoms with Gasteiger partial charge in [-0.1, -0.05) is 35.1 Å². The summed E-state index contributed by atoms with van der Waals surface area (Å²) >= 11 is 7.46. The van der Waals surface area contributed by atoms with Crippen LogP contribution in [-0.4, -0.2) is 15.8 Å². The summed E-state index contributed by atoms with van der Waals surface area (Å²) in [5.41, 5.74) is 0.947. The number of para-hydroxylation sites is 1. The molecule has 0 radical (unpaired) electrons. The zero-order chi connectivity index (χ0) is 12.9. The molecular weight excluding hydrogens is 274 g/mol. The first-order valence-corrected chi connectivity index (χ1v) is 6.34. The van der Waals surface area contributed by atoms with Crippen LogP contribution in [-0.2, 0) is 7.05 Å². The van der Waals surface area contributed by atoms with Crippen molar-refractivity contribution in [2.24, 2.45) is 7.05 Å². The van der Waals surface area contributed by atoms with Gasteiger partial charge in [0.15, 0.2) is 5.06 Å². The highest BCUT2D eigenvalue weighted by molar-refractivity contribution is 7.20. The SMILES string of the molecule is Cn1c2sc(OC(=O)O)cc2c2cccc(Cl)c21. The molecule has 0 aliphatic carbocycles. The second-order valence-electron chi connectivity index (χ2n) is 3.85. The largest absolute Gasteiger partial charge is 0.512 e. The normalized spacial score (nSPS) is 11.2. The molecule has 0 bridgehead atoms. The first-order chi connectivity index (χ1) is 8.58. The number of ether oxygens (including phenoxy) is 1. The quantitative estimate of drug-likeness (QED) is 0.683. The second-order valence-corrected chi connectivity index (χ2v) is 5.25. The Hall–Kier alpha value is -1.72. The molecule has 1 N–H and O–H groups in total. The number of hydrogen-bond acceptors (Lipinski definition) is 3. The van der Waals surface area contributed by atoms with Crippen LogP contribution in [0, 0.1) is 0 Å². The minimum Gasteiger partial charge on any atom is -0.449 e. The Bertz CT molecular complexity index is 774. The van der Waals surface area contributed by atoms with Gasteiger partial charge < -0.3 is 14.4 Å². The molecule has 92 valence electrons.